The van der Waals surface area contributed by atoms with Crippen LogP contribution in [0, 0.1) is 17.3 Å². The first-order chi connectivity index (χ1) is 14.2. The Kier molecular flexibility index (Phi) is 11.9. The molecule has 0 aromatic carbocycles. The monoisotopic (exact) mass is 420 g/mol. The van der Waals surface area contributed by atoms with Crippen LogP contribution in [0.4, 0.5) is 0 Å². The zero-order valence-corrected chi connectivity index (χ0v) is 20.8. The molecule has 3 atom stereocenters. The molecule has 0 fully saturated rings. The van der Waals surface area contributed by atoms with Crippen molar-refractivity contribution in [1.29, 1.82) is 0 Å². The van der Waals surface area contributed by atoms with E-state index < -0.39 is 0 Å². The lowest BCUT2D eigenvalue weighted by Crippen LogP contribution is -2.34. The van der Waals surface area contributed by atoms with E-state index >= 15 is 0 Å². The molecule has 0 saturated heterocycles. The molecule has 3 unspecified atom stereocenters. The van der Waals surface area contributed by atoms with E-state index in [-0.39, 0.29) is 0 Å². The average molecular weight is 421 g/mol. The fourth-order valence-electron chi connectivity index (χ4n) is 5.18. The first-order valence-corrected chi connectivity index (χ1v) is 13.7. The summed E-state index contributed by atoms with van der Waals surface area (Å²) >= 11 is 1.90. The van der Waals surface area contributed by atoms with Gasteiger partial charge in [-0.1, -0.05) is 85.5 Å². The molecule has 0 amide bonds. The first kappa shape index (κ1) is 24.9. The van der Waals surface area contributed by atoms with E-state index in [0.29, 0.717) is 5.41 Å². The van der Waals surface area contributed by atoms with Gasteiger partial charge in [0.15, 0.2) is 0 Å². The highest BCUT2D eigenvalue weighted by Crippen LogP contribution is 2.42. The highest BCUT2D eigenvalue weighted by atomic mass is 32.1. The van der Waals surface area contributed by atoms with Gasteiger partial charge in [0.1, 0.15) is 0 Å². The molecule has 1 aromatic heterocycles. The van der Waals surface area contributed by atoms with Crippen molar-refractivity contribution in [2.45, 2.75) is 118 Å². The predicted molar refractivity (Wildman–Crippen MR) is 130 cm³/mol. The van der Waals surface area contributed by atoms with Crippen LogP contribution in [0.1, 0.15) is 116 Å². The minimum absolute atomic E-state index is 0.389. The normalized spacial score (nSPS) is 21.1. The maximum absolute atomic E-state index is 6.47. The van der Waals surface area contributed by atoms with Gasteiger partial charge in [0.2, 0.25) is 0 Å². The lowest BCUT2D eigenvalue weighted by atomic mass is 9.70. The summed E-state index contributed by atoms with van der Waals surface area (Å²) in [5.74, 6) is 1.69. The quantitative estimate of drug-likeness (QED) is 0.259. The summed E-state index contributed by atoms with van der Waals surface area (Å²) in [6.07, 6.45) is 18.8. The smallest absolute Gasteiger partial charge is 0.0525 e. The van der Waals surface area contributed by atoms with Crippen molar-refractivity contribution >= 4 is 11.3 Å². The van der Waals surface area contributed by atoms with Gasteiger partial charge in [-0.15, -0.1) is 0 Å². The Morgan fingerprint density at radius 3 is 2.24 bits per heavy atom. The van der Waals surface area contributed by atoms with E-state index in [9.17, 15) is 0 Å². The molecular weight excluding hydrogens is 372 g/mol. The van der Waals surface area contributed by atoms with Crippen molar-refractivity contribution in [3.8, 4) is 0 Å². The highest BCUT2D eigenvalue weighted by molar-refractivity contribution is 7.08. The van der Waals surface area contributed by atoms with E-state index in [2.05, 4.69) is 38.5 Å². The van der Waals surface area contributed by atoms with Gasteiger partial charge in [0, 0.05) is 6.61 Å². The molecule has 0 aliphatic heterocycles. The summed E-state index contributed by atoms with van der Waals surface area (Å²) < 4.78 is 6.47. The van der Waals surface area contributed by atoms with Crippen molar-refractivity contribution in [2.75, 3.05) is 13.2 Å². The van der Waals surface area contributed by atoms with E-state index in [0.717, 1.165) is 25.0 Å². The Balaban J connectivity index is 1.90. The topological polar surface area (TPSA) is 9.23 Å². The van der Waals surface area contributed by atoms with Crippen molar-refractivity contribution in [3.63, 3.8) is 0 Å². The molecule has 2 heteroatoms. The summed E-state index contributed by atoms with van der Waals surface area (Å²) in [6.45, 7) is 11.3. The summed E-state index contributed by atoms with van der Waals surface area (Å²) in [5.41, 5.74) is 3.63. The molecule has 1 heterocycles. The van der Waals surface area contributed by atoms with Crippen LogP contribution < -0.4 is 0 Å². The second-order valence-corrected chi connectivity index (χ2v) is 10.6. The zero-order chi connectivity index (χ0) is 21.0. The van der Waals surface area contributed by atoms with Gasteiger partial charge in [-0.05, 0) is 71.2 Å². The van der Waals surface area contributed by atoms with Crippen molar-refractivity contribution in [2.24, 2.45) is 17.3 Å². The van der Waals surface area contributed by atoms with Gasteiger partial charge >= 0.3 is 0 Å². The summed E-state index contributed by atoms with van der Waals surface area (Å²) in [7, 11) is 0. The first-order valence-electron chi connectivity index (χ1n) is 12.8. The molecule has 1 aromatic rings. The van der Waals surface area contributed by atoms with Crippen molar-refractivity contribution < 1.29 is 4.74 Å². The lowest BCUT2D eigenvalue weighted by Gasteiger charge is -2.38. The largest absolute Gasteiger partial charge is 0.381 e. The molecule has 2 rings (SSSR count). The van der Waals surface area contributed by atoms with Crippen LogP contribution in [-0.4, -0.2) is 13.2 Å². The van der Waals surface area contributed by atoms with Gasteiger partial charge < -0.3 is 4.74 Å². The average Bonchev–Trinajstić information content (AvgIpc) is 3.20. The number of fused-ring (bicyclic) bond motifs is 1. The number of hydrogen-bond donors (Lipinski definition) is 0. The Morgan fingerprint density at radius 2 is 1.55 bits per heavy atom. The Labute approximate surface area is 186 Å². The standard InChI is InChI=1S/C27H48OS/c1-5-9-12-23(7-3)14-11-16-27(17-15-25-20-29-21-26(25)18-27)22-28-19-24(8-4)13-10-6-2/h20-21,23-24H,5-19,22H2,1-4H3. The van der Waals surface area contributed by atoms with Crippen LogP contribution in [-0.2, 0) is 17.6 Å². The molecule has 0 bridgehead atoms. The van der Waals surface area contributed by atoms with Crippen LogP contribution >= 0.6 is 11.3 Å². The summed E-state index contributed by atoms with van der Waals surface area (Å²) in [6, 6.07) is 0. The molecule has 0 spiro atoms. The fraction of sp³-hybridized carbons (Fsp3) is 0.852. The molecule has 1 nitrogen and oxygen atoms in total. The molecule has 29 heavy (non-hydrogen) atoms. The second-order valence-electron chi connectivity index (χ2n) is 9.84. The van der Waals surface area contributed by atoms with Gasteiger partial charge in [-0.3, -0.25) is 0 Å². The van der Waals surface area contributed by atoms with Crippen LogP contribution in [0.25, 0.3) is 0 Å². The minimum Gasteiger partial charge on any atom is -0.381 e. The molecule has 1 aliphatic carbocycles. The molecule has 0 saturated carbocycles. The number of unbranched alkanes of at least 4 members (excludes halogenated alkanes) is 2. The Hall–Kier alpha value is -0.340. The second kappa shape index (κ2) is 13.9. The van der Waals surface area contributed by atoms with Crippen LogP contribution in [0.15, 0.2) is 10.8 Å². The number of aryl methyl sites for hydroxylation is 1. The third kappa shape index (κ3) is 8.37. The van der Waals surface area contributed by atoms with E-state index in [1.807, 2.05) is 11.3 Å². The van der Waals surface area contributed by atoms with E-state index in [1.165, 1.54) is 89.9 Å². The molecule has 168 valence electrons. The highest BCUT2D eigenvalue weighted by Gasteiger charge is 2.35. The van der Waals surface area contributed by atoms with Crippen LogP contribution in [0.5, 0.6) is 0 Å². The fourth-order valence-corrected chi connectivity index (χ4v) is 6.08. The zero-order valence-electron chi connectivity index (χ0n) is 19.9. The Morgan fingerprint density at radius 1 is 0.897 bits per heavy atom. The van der Waals surface area contributed by atoms with Gasteiger partial charge in [0.25, 0.3) is 0 Å². The van der Waals surface area contributed by atoms with E-state index in [1.54, 1.807) is 11.1 Å². The Bertz CT molecular complexity index is 512. The van der Waals surface area contributed by atoms with Crippen molar-refractivity contribution in [1.82, 2.24) is 0 Å². The predicted octanol–water partition coefficient (Wildman–Crippen LogP) is 8.84. The summed E-state index contributed by atoms with van der Waals surface area (Å²) in [4.78, 5) is 0. The molecule has 1 aliphatic rings. The molecule has 0 radical (unpaired) electrons. The third-order valence-electron chi connectivity index (χ3n) is 7.49. The van der Waals surface area contributed by atoms with Crippen LogP contribution in [0.2, 0.25) is 0 Å². The van der Waals surface area contributed by atoms with Crippen LogP contribution in [0.3, 0.4) is 0 Å². The third-order valence-corrected chi connectivity index (χ3v) is 8.33. The number of hydrogen-bond acceptors (Lipinski definition) is 2. The molecule has 0 N–H and O–H groups in total. The number of thiophene rings is 1. The maximum Gasteiger partial charge on any atom is 0.0525 e. The van der Waals surface area contributed by atoms with E-state index in [4.69, 9.17) is 4.74 Å². The van der Waals surface area contributed by atoms with Gasteiger partial charge in [-0.2, -0.15) is 11.3 Å². The number of ether oxygens (including phenoxy) is 1. The summed E-state index contributed by atoms with van der Waals surface area (Å²) in [5, 5.41) is 4.80. The maximum atomic E-state index is 6.47. The lowest BCUT2D eigenvalue weighted by molar-refractivity contribution is 0.00812. The number of rotatable bonds is 16. The minimum atomic E-state index is 0.389. The van der Waals surface area contributed by atoms with Crippen molar-refractivity contribution in [3.05, 3.63) is 21.9 Å². The van der Waals surface area contributed by atoms with Gasteiger partial charge in [0.05, 0.1) is 6.61 Å². The SMILES string of the molecule is CCCCC(CC)CCCC1(COCC(CC)CCCC)CCc2cscc2C1. The molecular formula is C27H48OS. The van der Waals surface area contributed by atoms with Gasteiger partial charge in [-0.25, -0.2) is 0 Å².